The molecule has 0 aliphatic rings. The van der Waals surface area contributed by atoms with E-state index in [0.717, 1.165) is 11.1 Å². The molecule has 0 aliphatic heterocycles. The van der Waals surface area contributed by atoms with Gasteiger partial charge in [-0.3, -0.25) is 4.79 Å². The van der Waals surface area contributed by atoms with Gasteiger partial charge in [0.15, 0.2) is 5.58 Å². The normalized spacial score (nSPS) is 10.4. The third-order valence-corrected chi connectivity index (χ3v) is 2.63. The van der Waals surface area contributed by atoms with Crippen LogP contribution in [0.1, 0.15) is 0 Å². The molecule has 18 heavy (non-hydrogen) atoms. The number of nitrogens with one attached hydrogen (secondary N) is 1. The summed E-state index contributed by atoms with van der Waals surface area (Å²) in [7, 11) is 0. The number of carbonyl (C=O) groups excluding carboxylic acids is 1. The molecule has 4 nitrogen and oxygen atoms in total. The lowest BCUT2D eigenvalue weighted by atomic mass is 10.2. The Hall–Kier alpha value is -2.62. The zero-order valence-electron chi connectivity index (χ0n) is 9.46. The van der Waals surface area contributed by atoms with Gasteiger partial charge in [0.05, 0.1) is 0 Å². The van der Waals surface area contributed by atoms with Gasteiger partial charge in [0.25, 0.3) is 0 Å². The number of benzene rings is 2. The number of oxazole rings is 1. The summed E-state index contributed by atoms with van der Waals surface area (Å²) in [6.07, 6.45) is 0.635. The Morgan fingerprint density at radius 3 is 2.72 bits per heavy atom. The molecule has 1 heterocycles. The molecule has 0 atom stereocenters. The van der Waals surface area contributed by atoms with E-state index < -0.39 is 0 Å². The van der Waals surface area contributed by atoms with Gasteiger partial charge in [-0.1, -0.05) is 18.2 Å². The van der Waals surface area contributed by atoms with E-state index in [1.807, 2.05) is 36.4 Å². The molecule has 1 N–H and O–H groups in total. The molecule has 0 fully saturated rings. The summed E-state index contributed by atoms with van der Waals surface area (Å²) in [5.41, 5.74) is 3.04. The van der Waals surface area contributed by atoms with Crippen molar-refractivity contribution in [2.75, 3.05) is 5.32 Å². The molecule has 0 saturated carbocycles. The van der Waals surface area contributed by atoms with Gasteiger partial charge in [-0.25, -0.2) is 4.98 Å². The summed E-state index contributed by atoms with van der Waals surface area (Å²) in [5.74, 6) is 0.578. The Morgan fingerprint density at radius 2 is 1.94 bits per heavy atom. The van der Waals surface area contributed by atoms with E-state index in [4.69, 9.17) is 4.42 Å². The monoisotopic (exact) mass is 238 g/mol. The van der Waals surface area contributed by atoms with E-state index in [9.17, 15) is 4.79 Å². The second-order valence-electron chi connectivity index (χ2n) is 3.83. The van der Waals surface area contributed by atoms with Gasteiger partial charge in [0.1, 0.15) is 5.52 Å². The zero-order chi connectivity index (χ0) is 12.4. The van der Waals surface area contributed by atoms with Crippen LogP contribution in [0, 0.1) is 0 Å². The van der Waals surface area contributed by atoms with Crippen LogP contribution in [0.5, 0.6) is 0 Å². The van der Waals surface area contributed by atoms with Crippen molar-refractivity contribution in [1.82, 2.24) is 4.98 Å². The van der Waals surface area contributed by atoms with E-state index in [0.29, 0.717) is 23.6 Å². The Bertz CT molecular complexity index is 689. The van der Waals surface area contributed by atoms with Crippen molar-refractivity contribution in [2.45, 2.75) is 0 Å². The summed E-state index contributed by atoms with van der Waals surface area (Å²) >= 11 is 0. The molecule has 4 heteroatoms. The Labute approximate surface area is 103 Å². The predicted octanol–water partition coefficient (Wildman–Crippen LogP) is 3.06. The van der Waals surface area contributed by atoms with Crippen molar-refractivity contribution in [2.24, 2.45) is 0 Å². The maximum atomic E-state index is 10.4. The number of hydrogen-bond donors (Lipinski definition) is 1. The van der Waals surface area contributed by atoms with Crippen LogP contribution >= 0.6 is 0 Å². The van der Waals surface area contributed by atoms with Crippen molar-refractivity contribution in [3.05, 3.63) is 48.5 Å². The van der Waals surface area contributed by atoms with Crippen LogP contribution in [0.2, 0.25) is 0 Å². The second kappa shape index (κ2) is 4.33. The Kier molecular flexibility index (Phi) is 2.53. The molecule has 0 radical (unpaired) electrons. The number of amides is 1. The summed E-state index contributed by atoms with van der Waals surface area (Å²) in [6, 6.07) is 15.0. The van der Waals surface area contributed by atoms with Gasteiger partial charge < -0.3 is 9.73 Å². The third-order valence-electron chi connectivity index (χ3n) is 2.63. The fraction of sp³-hybridized carbons (Fsp3) is 0. The maximum Gasteiger partial charge on any atom is 0.227 e. The topological polar surface area (TPSA) is 55.1 Å². The van der Waals surface area contributed by atoms with Crippen molar-refractivity contribution in [3.8, 4) is 11.5 Å². The Balaban J connectivity index is 2.08. The number of nitrogens with zero attached hydrogens (tertiary/aromatic N) is 1. The minimum atomic E-state index is 0.578. The van der Waals surface area contributed by atoms with Crippen LogP contribution in [-0.2, 0) is 4.79 Å². The van der Waals surface area contributed by atoms with Gasteiger partial charge in [0.2, 0.25) is 12.3 Å². The number of fused-ring (bicyclic) bond motifs is 1. The first kappa shape index (κ1) is 10.5. The lowest BCUT2D eigenvalue weighted by molar-refractivity contribution is -0.105. The minimum absolute atomic E-state index is 0.578. The molecule has 3 rings (SSSR count). The average Bonchev–Trinajstić information content (AvgIpc) is 2.83. The van der Waals surface area contributed by atoms with Gasteiger partial charge in [-0.05, 0) is 24.3 Å². The van der Waals surface area contributed by atoms with Crippen LogP contribution in [0.25, 0.3) is 22.6 Å². The van der Waals surface area contributed by atoms with Gasteiger partial charge in [-0.15, -0.1) is 0 Å². The van der Waals surface area contributed by atoms with E-state index in [1.54, 1.807) is 12.1 Å². The molecular weight excluding hydrogens is 228 g/mol. The SMILES string of the molecule is O=CNc1ccc2nc(-c3ccccc3)oc2c1. The van der Waals surface area contributed by atoms with E-state index in [1.165, 1.54) is 0 Å². The van der Waals surface area contributed by atoms with Crippen molar-refractivity contribution < 1.29 is 9.21 Å². The van der Waals surface area contributed by atoms with E-state index in [-0.39, 0.29) is 0 Å². The summed E-state index contributed by atoms with van der Waals surface area (Å²) in [6.45, 7) is 0. The lowest BCUT2D eigenvalue weighted by Gasteiger charge is -1.95. The van der Waals surface area contributed by atoms with Crippen LogP contribution in [0.15, 0.2) is 52.9 Å². The summed E-state index contributed by atoms with van der Waals surface area (Å²) in [5, 5.41) is 2.58. The highest BCUT2D eigenvalue weighted by Gasteiger charge is 2.07. The van der Waals surface area contributed by atoms with Crippen LogP contribution < -0.4 is 5.32 Å². The fourth-order valence-corrected chi connectivity index (χ4v) is 1.79. The maximum absolute atomic E-state index is 10.4. The molecule has 0 spiro atoms. The highest BCUT2D eigenvalue weighted by Crippen LogP contribution is 2.25. The fourth-order valence-electron chi connectivity index (χ4n) is 1.79. The highest BCUT2D eigenvalue weighted by molar-refractivity contribution is 5.83. The van der Waals surface area contributed by atoms with Gasteiger partial charge >= 0.3 is 0 Å². The molecule has 2 aromatic carbocycles. The first-order valence-electron chi connectivity index (χ1n) is 5.53. The van der Waals surface area contributed by atoms with Crippen LogP contribution in [0.3, 0.4) is 0 Å². The number of rotatable bonds is 3. The quantitative estimate of drug-likeness (QED) is 0.713. The lowest BCUT2D eigenvalue weighted by Crippen LogP contribution is -1.92. The molecule has 1 amide bonds. The number of aromatic nitrogens is 1. The molecule has 0 aliphatic carbocycles. The summed E-state index contributed by atoms with van der Waals surface area (Å²) in [4.78, 5) is 14.8. The Morgan fingerprint density at radius 1 is 1.11 bits per heavy atom. The molecule has 1 aromatic heterocycles. The largest absolute Gasteiger partial charge is 0.436 e. The minimum Gasteiger partial charge on any atom is -0.436 e. The number of anilines is 1. The molecule has 88 valence electrons. The van der Waals surface area contributed by atoms with Gasteiger partial charge in [0, 0.05) is 17.3 Å². The highest BCUT2D eigenvalue weighted by atomic mass is 16.3. The smallest absolute Gasteiger partial charge is 0.227 e. The first-order valence-corrected chi connectivity index (χ1v) is 5.53. The zero-order valence-corrected chi connectivity index (χ0v) is 9.46. The molecule has 3 aromatic rings. The van der Waals surface area contributed by atoms with Crippen molar-refractivity contribution in [1.29, 1.82) is 0 Å². The first-order chi connectivity index (χ1) is 8.86. The number of carbonyl (C=O) groups is 1. The predicted molar refractivity (Wildman–Crippen MR) is 69.1 cm³/mol. The molecule has 0 unspecified atom stereocenters. The number of hydrogen-bond acceptors (Lipinski definition) is 3. The van der Waals surface area contributed by atoms with Crippen LogP contribution in [0.4, 0.5) is 5.69 Å². The standard InChI is InChI=1S/C14H10N2O2/c17-9-15-11-6-7-12-13(8-11)18-14(16-12)10-4-2-1-3-5-10/h1-9H,(H,15,17). The van der Waals surface area contributed by atoms with Crippen LogP contribution in [-0.4, -0.2) is 11.4 Å². The van der Waals surface area contributed by atoms with E-state index in [2.05, 4.69) is 10.3 Å². The van der Waals surface area contributed by atoms with Crippen molar-refractivity contribution in [3.63, 3.8) is 0 Å². The second-order valence-corrected chi connectivity index (χ2v) is 3.83. The summed E-state index contributed by atoms with van der Waals surface area (Å²) < 4.78 is 5.67. The molecule has 0 bridgehead atoms. The molecular formula is C14H10N2O2. The average molecular weight is 238 g/mol. The van der Waals surface area contributed by atoms with Gasteiger partial charge in [-0.2, -0.15) is 0 Å². The third kappa shape index (κ3) is 1.84. The molecule has 0 saturated heterocycles. The van der Waals surface area contributed by atoms with Crippen molar-refractivity contribution >= 4 is 23.2 Å². The van der Waals surface area contributed by atoms with E-state index >= 15 is 0 Å².